The average Bonchev–Trinajstić information content (AvgIpc) is 2.87. The Morgan fingerprint density at radius 3 is 2.81 bits per heavy atom. The van der Waals surface area contributed by atoms with Crippen LogP contribution in [-0.4, -0.2) is 49.5 Å². The molecule has 10 heteroatoms. The highest BCUT2D eigenvalue weighted by Gasteiger charge is 2.59. The molecule has 0 spiro atoms. The molecule has 21 heavy (non-hydrogen) atoms. The van der Waals surface area contributed by atoms with Gasteiger partial charge in [-0.25, -0.2) is 9.97 Å². The van der Waals surface area contributed by atoms with Gasteiger partial charge < -0.3 is 20.7 Å². The number of hydrogen-bond acceptors (Lipinski definition) is 6. The van der Waals surface area contributed by atoms with Crippen molar-refractivity contribution in [2.75, 3.05) is 12.3 Å². The summed E-state index contributed by atoms with van der Waals surface area (Å²) < 4.78 is 35.1. The van der Waals surface area contributed by atoms with Crippen molar-refractivity contribution in [1.29, 1.82) is 0 Å². The third kappa shape index (κ3) is 2.08. The van der Waals surface area contributed by atoms with E-state index in [0.717, 1.165) is 10.9 Å². The summed E-state index contributed by atoms with van der Waals surface area (Å²) in [5.41, 5.74) is 5.91. The largest absolute Gasteiger partial charge is 0.394 e. The number of nitrogens with two attached hydrogens (primary N) is 1. The summed E-state index contributed by atoms with van der Waals surface area (Å²) in [6.45, 7) is -0.708. The minimum atomic E-state index is -3.57. The highest BCUT2D eigenvalue weighted by molar-refractivity contribution is 14.1. The summed E-state index contributed by atoms with van der Waals surface area (Å²) in [5.74, 6) is -3.40. The lowest BCUT2D eigenvalue weighted by Crippen LogP contribution is -2.39. The second-order valence-corrected chi connectivity index (χ2v) is 5.83. The van der Waals surface area contributed by atoms with E-state index in [0.29, 0.717) is 8.96 Å². The van der Waals surface area contributed by atoms with E-state index in [-0.39, 0.29) is 11.5 Å². The van der Waals surface area contributed by atoms with Crippen LogP contribution >= 0.6 is 22.6 Å². The normalized spacial score (nSPS) is 28.3. The second kappa shape index (κ2) is 4.97. The van der Waals surface area contributed by atoms with E-state index in [2.05, 4.69) is 9.97 Å². The van der Waals surface area contributed by atoms with Gasteiger partial charge in [0.2, 0.25) is 6.23 Å². The minimum absolute atomic E-state index is 0.170. The van der Waals surface area contributed by atoms with Gasteiger partial charge in [-0.2, -0.15) is 8.78 Å². The van der Waals surface area contributed by atoms with Gasteiger partial charge in [-0.05, 0) is 22.6 Å². The molecule has 3 atom stereocenters. The SMILES string of the molecule is Nc1ncnc2c1c(I)cn2[C@@H]1O[C@H](CO)[C@@H](O)C1(F)F. The standard InChI is InChI=1S/C11H11F2IN4O3/c12-11(13)7(20)5(2-19)21-10(11)18-1-4(14)6-8(15)16-3-17-9(6)18/h1,3,5,7,10,19-20H,2H2,(H2,15,16,17)/t5-,7-,10-/m1/s1. The summed E-state index contributed by atoms with van der Waals surface area (Å²) in [4.78, 5) is 7.78. The Hall–Kier alpha value is -1.11. The van der Waals surface area contributed by atoms with Crippen molar-refractivity contribution in [3.8, 4) is 0 Å². The predicted octanol–water partition coefficient (Wildman–Crippen LogP) is 0.504. The van der Waals surface area contributed by atoms with Gasteiger partial charge in [-0.1, -0.05) is 0 Å². The molecular formula is C11H11F2IN4O3. The van der Waals surface area contributed by atoms with Gasteiger partial charge in [0.15, 0.2) is 6.10 Å². The van der Waals surface area contributed by atoms with Gasteiger partial charge in [-0.15, -0.1) is 0 Å². The molecule has 3 heterocycles. The second-order valence-electron chi connectivity index (χ2n) is 4.67. The molecule has 0 saturated carbocycles. The Labute approximate surface area is 130 Å². The maximum atomic E-state index is 14.2. The number of anilines is 1. The third-order valence-electron chi connectivity index (χ3n) is 3.40. The highest BCUT2D eigenvalue weighted by Crippen LogP contribution is 2.44. The molecule has 1 aliphatic rings. The summed E-state index contributed by atoms with van der Waals surface area (Å²) in [5, 5.41) is 19.0. The minimum Gasteiger partial charge on any atom is -0.394 e. The first-order valence-electron chi connectivity index (χ1n) is 5.96. The van der Waals surface area contributed by atoms with Crippen LogP contribution in [0.5, 0.6) is 0 Å². The van der Waals surface area contributed by atoms with Crippen LogP contribution in [0.4, 0.5) is 14.6 Å². The molecule has 0 radical (unpaired) electrons. The molecule has 2 aromatic heterocycles. The molecule has 0 aromatic carbocycles. The van der Waals surface area contributed by atoms with Crippen LogP contribution in [-0.2, 0) is 4.74 Å². The smallest absolute Gasteiger partial charge is 0.320 e. The fourth-order valence-corrected chi connectivity index (χ4v) is 3.18. The first-order valence-corrected chi connectivity index (χ1v) is 7.04. The van der Waals surface area contributed by atoms with Crippen LogP contribution in [0, 0.1) is 3.57 Å². The van der Waals surface area contributed by atoms with Crippen LogP contribution in [0.1, 0.15) is 6.23 Å². The Bertz CT molecular complexity index is 695. The van der Waals surface area contributed by atoms with Gasteiger partial charge in [0.1, 0.15) is 23.9 Å². The zero-order chi connectivity index (χ0) is 15.4. The molecule has 0 aliphatic carbocycles. The Morgan fingerprint density at radius 2 is 2.19 bits per heavy atom. The molecule has 2 aromatic rings. The quantitative estimate of drug-likeness (QED) is 0.621. The molecule has 3 rings (SSSR count). The number of nitrogen functional groups attached to an aromatic ring is 1. The van der Waals surface area contributed by atoms with E-state index >= 15 is 0 Å². The van der Waals surface area contributed by atoms with E-state index < -0.39 is 31.0 Å². The molecule has 0 unspecified atom stereocenters. The van der Waals surface area contributed by atoms with Gasteiger partial charge in [-0.3, -0.25) is 4.57 Å². The van der Waals surface area contributed by atoms with Crippen LogP contribution in [0.3, 0.4) is 0 Å². The number of aliphatic hydroxyl groups excluding tert-OH is 2. The Morgan fingerprint density at radius 1 is 1.48 bits per heavy atom. The number of ether oxygens (including phenoxy) is 1. The molecule has 0 bridgehead atoms. The van der Waals surface area contributed by atoms with Crippen molar-refractivity contribution in [2.45, 2.75) is 24.4 Å². The first kappa shape index (κ1) is 14.8. The van der Waals surface area contributed by atoms with Crippen LogP contribution in [0.25, 0.3) is 11.0 Å². The lowest BCUT2D eigenvalue weighted by atomic mass is 10.1. The fourth-order valence-electron chi connectivity index (χ4n) is 2.36. The predicted molar refractivity (Wildman–Crippen MR) is 76.6 cm³/mol. The lowest BCUT2D eigenvalue weighted by molar-refractivity contribution is -0.138. The summed E-state index contributed by atoms with van der Waals surface area (Å²) in [7, 11) is 0. The van der Waals surface area contributed by atoms with E-state index in [4.69, 9.17) is 15.6 Å². The van der Waals surface area contributed by atoms with Crippen molar-refractivity contribution >= 4 is 39.4 Å². The number of halogens is 3. The topological polar surface area (TPSA) is 106 Å². The van der Waals surface area contributed by atoms with Gasteiger partial charge in [0, 0.05) is 9.77 Å². The van der Waals surface area contributed by atoms with Crippen LogP contribution < -0.4 is 5.73 Å². The number of nitrogens with zero attached hydrogens (tertiary/aromatic N) is 3. The number of aliphatic hydroxyl groups is 2. The number of hydrogen-bond donors (Lipinski definition) is 3. The van der Waals surface area contributed by atoms with Crippen molar-refractivity contribution in [3.05, 3.63) is 16.1 Å². The molecule has 1 aliphatic heterocycles. The van der Waals surface area contributed by atoms with E-state index in [1.54, 1.807) is 0 Å². The maximum absolute atomic E-state index is 14.2. The van der Waals surface area contributed by atoms with Gasteiger partial charge in [0.25, 0.3) is 0 Å². The molecule has 0 amide bonds. The third-order valence-corrected chi connectivity index (χ3v) is 4.22. The zero-order valence-electron chi connectivity index (χ0n) is 10.4. The summed E-state index contributed by atoms with van der Waals surface area (Å²) in [6, 6.07) is 0. The number of aromatic nitrogens is 3. The summed E-state index contributed by atoms with van der Waals surface area (Å²) >= 11 is 1.93. The highest BCUT2D eigenvalue weighted by atomic mass is 127. The fraction of sp³-hybridized carbons (Fsp3) is 0.455. The molecule has 4 N–H and O–H groups in total. The van der Waals surface area contributed by atoms with Crippen molar-refractivity contribution < 1.29 is 23.7 Å². The Balaban J connectivity index is 2.15. The molecular weight excluding hydrogens is 401 g/mol. The van der Waals surface area contributed by atoms with E-state index in [9.17, 15) is 13.9 Å². The number of alkyl halides is 2. The van der Waals surface area contributed by atoms with E-state index in [1.807, 2.05) is 22.6 Å². The molecule has 114 valence electrons. The average molecular weight is 412 g/mol. The van der Waals surface area contributed by atoms with Crippen molar-refractivity contribution in [2.24, 2.45) is 0 Å². The van der Waals surface area contributed by atoms with Crippen LogP contribution in [0.2, 0.25) is 0 Å². The lowest BCUT2D eigenvalue weighted by Gasteiger charge is -2.21. The Kier molecular flexibility index (Phi) is 3.50. The van der Waals surface area contributed by atoms with E-state index in [1.165, 1.54) is 6.20 Å². The first-order chi connectivity index (χ1) is 9.87. The monoisotopic (exact) mass is 412 g/mol. The maximum Gasteiger partial charge on any atom is 0.320 e. The van der Waals surface area contributed by atoms with Gasteiger partial charge in [0.05, 0.1) is 12.0 Å². The number of fused-ring (bicyclic) bond motifs is 1. The molecule has 7 nitrogen and oxygen atoms in total. The van der Waals surface area contributed by atoms with Crippen molar-refractivity contribution in [1.82, 2.24) is 14.5 Å². The van der Waals surface area contributed by atoms with Crippen molar-refractivity contribution in [3.63, 3.8) is 0 Å². The van der Waals surface area contributed by atoms with Crippen LogP contribution in [0.15, 0.2) is 12.5 Å². The number of rotatable bonds is 2. The zero-order valence-corrected chi connectivity index (χ0v) is 12.6. The van der Waals surface area contributed by atoms with Gasteiger partial charge >= 0.3 is 5.92 Å². The summed E-state index contributed by atoms with van der Waals surface area (Å²) in [6.07, 6.45) is -2.66. The molecule has 1 saturated heterocycles. The molecule has 1 fully saturated rings.